The molecule has 4 aliphatic rings. The predicted molar refractivity (Wildman–Crippen MR) is 127 cm³/mol. The van der Waals surface area contributed by atoms with E-state index in [0.29, 0.717) is 36.5 Å². The maximum atomic E-state index is 13.3. The summed E-state index contributed by atoms with van der Waals surface area (Å²) >= 11 is 0. The number of aromatic amines is 1. The molecule has 1 fully saturated rings. The number of H-pyrrole nitrogens is 1. The Kier molecular flexibility index (Phi) is 4.51. The molecule has 2 bridgehead atoms. The number of fused-ring (bicyclic) bond motifs is 2. The van der Waals surface area contributed by atoms with Crippen LogP contribution < -0.4 is 4.74 Å². The number of hydrogen-bond acceptors (Lipinski definition) is 4. The van der Waals surface area contributed by atoms with Crippen molar-refractivity contribution >= 4 is 5.91 Å². The first-order valence-corrected chi connectivity index (χ1v) is 12.3. The van der Waals surface area contributed by atoms with Crippen molar-refractivity contribution in [2.75, 3.05) is 26.2 Å². The molecule has 2 aliphatic carbocycles. The lowest BCUT2D eigenvalue weighted by Gasteiger charge is -2.58. The number of nitrogens with zero attached hydrogens (tertiary/aromatic N) is 2. The highest BCUT2D eigenvalue weighted by molar-refractivity contribution is 5.94. The van der Waals surface area contributed by atoms with Crippen LogP contribution in [-0.4, -0.2) is 58.0 Å². The Labute approximate surface area is 195 Å². The molecule has 4 atom stereocenters. The number of hydrogen-bond donors (Lipinski definition) is 2. The molecule has 174 valence electrons. The number of piperidine rings is 1. The van der Waals surface area contributed by atoms with E-state index in [1.165, 1.54) is 16.7 Å². The standard InChI is InChI=1S/C27H33N3O3/c1-5-11-30-12-10-27-18-14-17-15(4)22(26(32)29(6-2)7-3)28-23(17)25(27)33-24-20(31)9-8-16(21(24)27)13-19(18)30/h5,8-9,18-19,25,28,31H,1,6-7,10-14H2,2-4H3/t18-,19+,25-,27-/m0/s1. The summed E-state index contributed by atoms with van der Waals surface area (Å²) in [4.78, 5) is 21.3. The van der Waals surface area contributed by atoms with Crippen molar-refractivity contribution in [1.29, 1.82) is 0 Å². The van der Waals surface area contributed by atoms with E-state index in [9.17, 15) is 9.90 Å². The highest BCUT2D eigenvalue weighted by atomic mass is 16.5. The van der Waals surface area contributed by atoms with Gasteiger partial charge < -0.3 is 19.7 Å². The Morgan fingerprint density at radius 2 is 2.15 bits per heavy atom. The molecule has 33 heavy (non-hydrogen) atoms. The molecular formula is C27H33N3O3. The maximum absolute atomic E-state index is 13.3. The number of likely N-dealkylation sites (tertiary alicyclic amines) is 1. The molecule has 2 aliphatic heterocycles. The van der Waals surface area contributed by atoms with Crippen LogP contribution in [0.5, 0.6) is 11.5 Å². The highest BCUT2D eigenvalue weighted by Crippen LogP contribution is 2.67. The van der Waals surface area contributed by atoms with Gasteiger partial charge in [-0.3, -0.25) is 9.69 Å². The van der Waals surface area contributed by atoms with Crippen molar-refractivity contribution in [3.05, 3.63) is 58.4 Å². The smallest absolute Gasteiger partial charge is 0.270 e. The summed E-state index contributed by atoms with van der Waals surface area (Å²) in [5.41, 5.74) is 6.38. The quantitative estimate of drug-likeness (QED) is 0.683. The van der Waals surface area contributed by atoms with E-state index in [2.05, 4.69) is 29.5 Å². The van der Waals surface area contributed by atoms with Crippen molar-refractivity contribution in [2.24, 2.45) is 5.92 Å². The first-order valence-electron chi connectivity index (χ1n) is 12.3. The van der Waals surface area contributed by atoms with Gasteiger partial charge in [-0.15, -0.1) is 6.58 Å². The minimum atomic E-state index is -0.195. The number of phenols is 1. The van der Waals surface area contributed by atoms with Gasteiger partial charge in [-0.2, -0.15) is 0 Å². The Hall–Kier alpha value is -2.73. The van der Waals surface area contributed by atoms with Crippen LogP contribution in [0.4, 0.5) is 0 Å². The molecule has 2 N–H and O–H groups in total. The first-order chi connectivity index (χ1) is 16.0. The van der Waals surface area contributed by atoms with Crippen LogP contribution in [0.15, 0.2) is 24.8 Å². The van der Waals surface area contributed by atoms with Gasteiger partial charge in [0.25, 0.3) is 5.91 Å². The lowest BCUT2D eigenvalue weighted by atomic mass is 9.51. The number of benzene rings is 1. The fourth-order valence-electron chi connectivity index (χ4n) is 7.45. The second-order valence-corrected chi connectivity index (χ2v) is 10.1. The van der Waals surface area contributed by atoms with Crippen LogP contribution >= 0.6 is 0 Å². The summed E-state index contributed by atoms with van der Waals surface area (Å²) in [6.45, 7) is 13.4. The van der Waals surface area contributed by atoms with Crippen LogP contribution in [-0.2, 0) is 18.3 Å². The fraction of sp³-hybridized carbons (Fsp3) is 0.519. The Morgan fingerprint density at radius 1 is 1.36 bits per heavy atom. The van der Waals surface area contributed by atoms with Gasteiger partial charge in [-0.05, 0) is 75.3 Å². The molecule has 0 unspecified atom stereocenters. The molecule has 1 aromatic carbocycles. The number of phenolic OH excluding ortho intramolecular Hbond substituents is 1. The van der Waals surface area contributed by atoms with Crippen LogP contribution in [0, 0.1) is 12.8 Å². The van der Waals surface area contributed by atoms with E-state index in [1.807, 2.05) is 24.8 Å². The topological polar surface area (TPSA) is 68.8 Å². The number of carbonyl (C=O) groups is 1. The van der Waals surface area contributed by atoms with Gasteiger partial charge in [0.05, 0.1) is 5.69 Å². The second-order valence-electron chi connectivity index (χ2n) is 10.1. The minimum Gasteiger partial charge on any atom is -0.504 e. The number of carbonyl (C=O) groups excluding carboxylic acids is 1. The van der Waals surface area contributed by atoms with Gasteiger partial charge in [0, 0.05) is 36.7 Å². The summed E-state index contributed by atoms with van der Waals surface area (Å²) in [5, 5.41) is 10.8. The number of rotatable bonds is 5. The largest absolute Gasteiger partial charge is 0.504 e. The van der Waals surface area contributed by atoms with Gasteiger partial charge in [-0.1, -0.05) is 12.1 Å². The van der Waals surface area contributed by atoms with Crippen molar-refractivity contribution in [3.8, 4) is 11.5 Å². The van der Waals surface area contributed by atoms with E-state index in [0.717, 1.165) is 43.6 Å². The SMILES string of the molecule is C=CCN1CC[C@]23c4c5ccc(O)c4O[C@H]2c2[nH]c(C(=O)N(CC)CC)c(C)c2C[C@H]3[C@H]1C5. The third-order valence-corrected chi connectivity index (χ3v) is 8.96. The average molecular weight is 448 g/mol. The zero-order valence-corrected chi connectivity index (χ0v) is 19.8. The van der Waals surface area contributed by atoms with E-state index in [-0.39, 0.29) is 23.2 Å². The average Bonchev–Trinajstić information content (AvgIpc) is 3.32. The van der Waals surface area contributed by atoms with Crippen molar-refractivity contribution < 1.29 is 14.6 Å². The summed E-state index contributed by atoms with van der Waals surface area (Å²) in [7, 11) is 0. The Morgan fingerprint density at radius 3 is 2.88 bits per heavy atom. The van der Waals surface area contributed by atoms with Gasteiger partial charge in [0.2, 0.25) is 0 Å². The van der Waals surface area contributed by atoms with Gasteiger partial charge in [-0.25, -0.2) is 0 Å². The normalized spacial score (nSPS) is 28.6. The predicted octanol–water partition coefficient (Wildman–Crippen LogP) is 3.87. The molecule has 2 aromatic rings. The number of amides is 1. The fourth-order valence-corrected chi connectivity index (χ4v) is 7.45. The number of nitrogens with one attached hydrogen (secondary N) is 1. The summed E-state index contributed by atoms with van der Waals surface area (Å²) in [5.74, 6) is 1.33. The lowest BCUT2D eigenvalue weighted by Crippen LogP contribution is -2.62. The first kappa shape index (κ1) is 20.8. The van der Waals surface area contributed by atoms with Gasteiger partial charge in [0.15, 0.2) is 11.5 Å². The maximum Gasteiger partial charge on any atom is 0.270 e. The molecular weight excluding hydrogens is 414 g/mol. The molecule has 0 saturated carbocycles. The van der Waals surface area contributed by atoms with Gasteiger partial charge in [0.1, 0.15) is 11.8 Å². The molecule has 1 amide bonds. The number of aromatic nitrogens is 1. The van der Waals surface area contributed by atoms with E-state index in [1.54, 1.807) is 6.07 Å². The number of ether oxygens (including phenoxy) is 1. The van der Waals surface area contributed by atoms with Crippen LogP contribution in [0.2, 0.25) is 0 Å². The zero-order chi connectivity index (χ0) is 23.1. The highest BCUT2D eigenvalue weighted by Gasteiger charge is 2.65. The summed E-state index contributed by atoms with van der Waals surface area (Å²) in [6, 6.07) is 4.27. The molecule has 6 nitrogen and oxygen atoms in total. The van der Waals surface area contributed by atoms with E-state index < -0.39 is 0 Å². The molecule has 6 heteroatoms. The summed E-state index contributed by atoms with van der Waals surface area (Å²) < 4.78 is 6.65. The number of aromatic hydroxyl groups is 1. The van der Waals surface area contributed by atoms with Crippen LogP contribution in [0.1, 0.15) is 64.8 Å². The third kappa shape index (κ3) is 2.50. The van der Waals surface area contributed by atoms with E-state index in [4.69, 9.17) is 4.74 Å². The van der Waals surface area contributed by atoms with Crippen molar-refractivity contribution in [2.45, 2.75) is 57.6 Å². The van der Waals surface area contributed by atoms with Crippen molar-refractivity contribution in [1.82, 2.24) is 14.8 Å². The molecule has 3 heterocycles. The van der Waals surface area contributed by atoms with Gasteiger partial charge >= 0.3 is 0 Å². The molecule has 1 spiro atoms. The molecule has 1 aromatic heterocycles. The summed E-state index contributed by atoms with van der Waals surface area (Å²) in [6.07, 6.45) is 4.68. The Balaban J connectivity index is 1.55. The Bertz CT molecular complexity index is 1160. The molecule has 1 saturated heterocycles. The third-order valence-electron chi connectivity index (χ3n) is 8.96. The van der Waals surface area contributed by atoms with Crippen LogP contribution in [0.25, 0.3) is 0 Å². The monoisotopic (exact) mass is 447 g/mol. The zero-order valence-electron chi connectivity index (χ0n) is 19.8. The lowest BCUT2D eigenvalue weighted by molar-refractivity contribution is -0.0314. The van der Waals surface area contributed by atoms with Crippen LogP contribution in [0.3, 0.4) is 0 Å². The molecule has 6 rings (SSSR count). The van der Waals surface area contributed by atoms with Crippen molar-refractivity contribution in [3.63, 3.8) is 0 Å². The minimum absolute atomic E-state index is 0.0580. The van der Waals surface area contributed by atoms with E-state index >= 15 is 0 Å². The molecule has 0 radical (unpaired) electrons. The second kappa shape index (κ2) is 7.13.